The van der Waals surface area contributed by atoms with Gasteiger partial charge < -0.3 is 5.11 Å². The summed E-state index contributed by atoms with van der Waals surface area (Å²) in [5, 5.41) is 9.61. The van der Waals surface area contributed by atoms with Gasteiger partial charge >= 0.3 is 0 Å². The molecule has 0 unspecified atom stereocenters. The lowest BCUT2D eigenvalue weighted by Crippen LogP contribution is -2.24. The van der Waals surface area contributed by atoms with Crippen molar-refractivity contribution < 1.29 is 5.11 Å². The van der Waals surface area contributed by atoms with Crippen molar-refractivity contribution in [2.75, 3.05) is 0 Å². The summed E-state index contributed by atoms with van der Waals surface area (Å²) in [6.45, 7) is 2.33. The first-order chi connectivity index (χ1) is 10.7. The van der Waals surface area contributed by atoms with E-state index < -0.39 is 0 Å². The largest absolute Gasteiger partial charge is 0.393 e. The van der Waals surface area contributed by atoms with Crippen molar-refractivity contribution in [1.29, 1.82) is 0 Å². The van der Waals surface area contributed by atoms with Crippen molar-refractivity contribution in [3.63, 3.8) is 0 Å². The standard InChI is InChI=1S/C21H40O/c1-2-3-6-15-21(16-7-4-8-17-21)18-9-5-10-19-11-13-20(22)14-12-19/h19-20,22H,2-18H2,1H3. The Balaban J connectivity index is 1.65. The molecule has 2 rings (SSSR count). The molecule has 0 saturated heterocycles. The van der Waals surface area contributed by atoms with Crippen LogP contribution in [0.15, 0.2) is 0 Å². The van der Waals surface area contributed by atoms with Gasteiger partial charge in [0, 0.05) is 0 Å². The first-order valence-electron chi connectivity index (χ1n) is 10.4. The van der Waals surface area contributed by atoms with E-state index in [9.17, 15) is 5.11 Å². The lowest BCUT2D eigenvalue weighted by Gasteiger charge is -2.38. The number of aliphatic hydroxyl groups excluding tert-OH is 1. The van der Waals surface area contributed by atoms with Crippen molar-refractivity contribution in [2.24, 2.45) is 11.3 Å². The molecule has 1 heteroatoms. The van der Waals surface area contributed by atoms with E-state index in [0.29, 0.717) is 0 Å². The highest BCUT2D eigenvalue weighted by Crippen LogP contribution is 2.45. The highest BCUT2D eigenvalue weighted by Gasteiger charge is 2.30. The van der Waals surface area contributed by atoms with Crippen molar-refractivity contribution in [3.8, 4) is 0 Å². The summed E-state index contributed by atoms with van der Waals surface area (Å²) < 4.78 is 0. The number of aliphatic hydroxyl groups is 1. The molecule has 0 amide bonds. The van der Waals surface area contributed by atoms with Crippen molar-refractivity contribution in [2.45, 2.75) is 122 Å². The van der Waals surface area contributed by atoms with E-state index in [4.69, 9.17) is 0 Å². The lowest BCUT2D eigenvalue weighted by molar-refractivity contribution is 0.104. The summed E-state index contributed by atoms with van der Waals surface area (Å²) in [5.74, 6) is 0.922. The Kier molecular flexibility index (Phi) is 8.28. The maximum absolute atomic E-state index is 9.61. The first kappa shape index (κ1) is 18.3. The highest BCUT2D eigenvalue weighted by molar-refractivity contribution is 4.83. The highest BCUT2D eigenvalue weighted by atomic mass is 16.3. The topological polar surface area (TPSA) is 20.2 Å². The monoisotopic (exact) mass is 308 g/mol. The Morgan fingerprint density at radius 2 is 1.45 bits per heavy atom. The smallest absolute Gasteiger partial charge is 0.0540 e. The molecule has 0 atom stereocenters. The second-order valence-corrected chi connectivity index (χ2v) is 8.44. The predicted molar refractivity (Wildman–Crippen MR) is 96.1 cm³/mol. The molecule has 0 radical (unpaired) electrons. The predicted octanol–water partition coefficient (Wildman–Crippen LogP) is 6.63. The van der Waals surface area contributed by atoms with Crippen LogP contribution in [0.1, 0.15) is 116 Å². The van der Waals surface area contributed by atoms with Gasteiger partial charge in [0.05, 0.1) is 6.10 Å². The quantitative estimate of drug-likeness (QED) is 0.474. The van der Waals surface area contributed by atoms with Gasteiger partial charge in [0.2, 0.25) is 0 Å². The lowest BCUT2D eigenvalue weighted by atomic mass is 9.68. The zero-order chi connectivity index (χ0) is 15.7. The minimum atomic E-state index is 0.0142. The Morgan fingerprint density at radius 1 is 0.818 bits per heavy atom. The summed E-state index contributed by atoms with van der Waals surface area (Å²) in [5.41, 5.74) is 0.732. The molecule has 0 aromatic carbocycles. The molecule has 1 nitrogen and oxygen atoms in total. The van der Waals surface area contributed by atoms with Gasteiger partial charge in [-0.1, -0.05) is 64.7 Å². The molecule has 130 valence electrons. The van der Waals surface area contributed by atoms with Crippen LogP contribution in [0.3, 0.4) is 0 Å². The van der Waals surface area contributed by atoms with E-state index in [0.717, 1.165) is 24.2 Å². The SMILES string of the molecule is CCCCCC1(CCCCC2CCC(O)CC2)CCCCC1. The summed E-state index contributed by atoms with van der Waals surface area (Å²) in [6.07, 6.45) is 23.8. The van der Waals surface area contributed by atoms with Crippen LogP contribution < -0.4 is 0 Å². The van der Waals surface area contributed by atoms with E-state index >= 15 is 0 Å². The fourth-order valence-corrected chi connectivity index (χ4v) is 5.04. The van der Waals surface area contributed by atoms with Gasteiger partial charge in [-0.15, -0.1) is 0 Å². The maximum atomic E-state index is 9.61. The molecule has 22 heavy (non-hydrogen) atoms. The van der Waals surface area contributed by atoms with E-state index in [1.807, 2.05) is 0 Å². The number of unbranched alkanes of at least 4 members (excludes halogenated alkanes) is 3. The number of hydrogen-bond donors (Lipinski definition) is 1. The number of rotatable bonds is 9. The minimum absolute atomic E-state index is 0.0142. The molecule has 0 aromatic heterocycles. The second kappa shape index (κ2) is 9.96. The van der Waals surface area contributed by atoms with Crippen molar-refractivity contribution in [1.82, 2.24) is 0 Å². The zero-order valence-electron chi connectivity index (χ0n) is 15.1. The minimum Gasteiger partial charge on any atom is -0.393 e. The second-order valence-electron chi connectivity index (χ2n) is 8.44. The van der Waals surface area contributed by atoms with Crippen LogP contribution >= 0.6 is 0 Å². The fourth-order valence-electron chi connectivity index (χ4n) is 5.04. The van der Waals surface area contributed by atoms with Crippen LogP contribution in [0.4, 0.5) is 0 Å². The molecule has 1 N–H and O–H groups in total. The summed E-state index contributed by atoms with van der Waals surface area (Å²) in [7, 11) is 0. The normalized spacial score (nSPS) is 28.6. The molecule has 2 aliphatic rings. The molecule has 0 heterocycles. The Hall–Kier alpha value is -0.0400. The summed E-state index contributed by atoms with van der Waals surface area (Å²) >= 11 is 0. The first-order valence-corrected chi connectivity index (χ1v) is 10.4. The van der Waals surface area contributed by atoms with Crippen LogP contribution in [0, 0.1) is 11.3 Å². The van der Waals surface area contributed by atoms with Gasteiger partial charge in [-0.2, -0.15) is 0 Å². The van der Waals surface area contributed by atoms with Gasteiger partial charge in [-0.3, -0.25) is 0 Å². The maximum Gasteiger partial charge on any atom is 0.0540 e. The van der Waals surface area contributed by atoms with Gasteiger partial charge in [0.25, 0.3) is 0 Å². The van der Waals surface area contributed by atoms with Gasteiger partial charge in [-0.05, 0) is 62.7 Å². The zero-order valence-corrected chi connectivity index (χ0v) is 15.1. The average molecular weight is 309 g/mol. The van der Waals surface area contributed by atoms with E-state index in [2.05, 4.69) is 6.92 Å². The third-order valence-corrected chi connectivity index (χ3v) is 6.61. The van der Waals surface area contributed by atoms with E-state index in [1.165, 1.54) is 96.3 Å². The Morgan fingerprint density at radius 3 is 2.09 bits per heavy atom. The molecule has 0 bridgehead atoms. The third kappa shape index (κ3) is 6.22. The van der Waals surface area contributed by atoms with Crippen molar-refractivity contribution >= 4 is 0 Å². The molecule has 2 fully saturated rings. The van der Waals surface area contributed by atoms with Crippen LogP contribution in [-0.4, -0.2) is 11.2 Å². The summed E-state index contributed by atoms with van der Waals surface area (Å²) in [6, 6.07) is 0. The fraction of sp³-hybridized carbons (Fsp3) is 1.00. The van der Waals surface area contributed by atoms with E-state index in [1.54, 1.807) is 0 Å². The number of hydrogen-bond acceptors (Lipinski definition) is 1. The van der Waals surface area contributed by atoms with E-state index in [-0.39, 0.29) is 6.10 Å². The van der Waals surface area contributed by atoms with Gasteiger partial charge in [0.15, 0.2) is 0 Å². The van der Waals surface area contributed by atoms with Gasteiger partial charge in [0.1, 0.15) is 0 Å². The molecule has 2 aliphatic carbocycles. The molecular formula is C21H40O. The van der Waals surface area contributed by atoms with Crippen LogP contribution in [0.25, 0.3) is 0 Å². The van der Waals surface area contributed by atoms with Gasteiger partial charge in [-0.25, -0.2) is 0 Å². The van der Waals surface area contributed by atoms with Crippen molar-refractivity contribution in [3.05, 3.63) is 0 Å². The summed E-state index contributed by atoms with van der Waals surface area (Å²) in [4.78, 5) is 0. The average Bonchev–Trinajstić information content (AvgIpc) is 2.55. The third-order valence-electron chi connectivity index (χ3n) is 6.61. The molecular weight excluding hydrogens is 268 g/mol. The van der Waals surface area contributed by atoms with Crippen LogP contribution in [0.5, 0.6) is 0 Å². The van der Waals surface area contributed by atoms with Crippen LogP contribution in [-0.2, 0) is 0 Å². The Bertz CT molecular complexity index is 272. The molecule has 0 spiro atoms. The molecule has 2 saturated carbocycles. The Labute approximate surface area is 139 Å². The van der Waals surface area contributed by atoms with Crippen LogP contribution in [0.2, 0.25) is 0 Å². The molecule has 0 aromatic rings. The molecule has 0 aliphatic heterocycles.